The van der Waals surface area contributed by atoms with E-state index in [1.54, 1.807) is 6.08 Å². The van der Waals surface area contributed by atoms with E-state index in [1.807, 2.05) is 6.08 Å². The highest BCUT2D eigenvalue weighted by Crippen LogP contribution is 2.16. The number of rotatable bonds is 44. The summed E-state index contributed by atoms with van der Waals surface area (Å²) in [6.07, 6.45) is 69.1. The summed E-state index contributed by atoms with van der Waals surface area (Å²) in [6.45, 7) is 4.15. The fourth-order valence-electron chi connectivity index (χ4n) is 7.19. The fourth-order valence-corrected chi connectivity index (χ4v) is 7.19. The van der Waals surface area contributed by atoms with Gasteiger partial charge in [0.2, 0.25) is 5.91 Å². The first-order valence-corrected chi connectivity index (χ1v) is 24.7. The third-order valence-corrected chi connectivity index (χ3v) is 10.9. The van der Waals surface area contributed by atoms with Crippen LogP contribution in [0.25, 0.3) is 0 Å². The van der Waals surface area contributed by atoms with Gasteiger partial charge in [-0.1, -0.05) is 234 Å². The molecule has 0 aromatic carbocycles. The van der Waals surface area contributed by atoms with Crippen LogP contribution in [0.1, 0.15) is 239 Å². The third kappa shape index (κ3) is 44.8. The highest BCUT2D eigenvalue weighted by Gasteiger charge is 2.17. The summed E-state index contributed by atoms with van der Waals surface area (Å²) in [7, 11) is 0. The van der Waals surface area contributed by atoms with Crippen molar-refractivity contribution in [3.8, 4) is 0 Å². The summed E-state index contributed by atoms with van der Waals surface area (Å²) < 4.78 is 0. The number of allylic oxidation sites excluding steroid dienone is 11. The summed E-state index contributed by atoms with van der Waals surface area (Å²) in [4.78, 5) is 12.4. The van der Waals surface area contributed by atoms with Gasteiger partial charge in [0, 0.05) is 6.42 Å². The second kappa shape index (κ2) is 48.2. The van der Waals surface area contributed by atoms with Gasteiger partial charge in [-0.15, -0.1) is 0 Å². The minimum Gasteiger partial charge on any atom is -0.394 e. The van der Waals surface area contributed by atoms with Crippen LogP contribution in [0.3, 0.4) is 0 Å². The van der Waals surface area contributed by atoms with Crippen LogP contribution >= 0.6 is 0 Å². The summed E-state index contributed by atoms with van der Waals surface area (Å²) in [5, 5.41) is 22.9. The second-order valence-electron chi connectivity index (χ2n) is 16.5. The lowest BCUT2D eigenvalue weighted by Gasteiger charge is -2.19. The second-order valence-corrected chi connectivity index (χ2v) is 16.5. The van der Waals surface area contributed by atoms with Gasteiger partial charge in [0.05, 0.1) is 18.8 Å². The predicted molar refractivity (Wildman–Crippen MR) is 253 cm³/mol. The fraction of sp³-hybridized carbons (Fsp3) is 0.755. The van der Waals surface area contributed by atoms with E-state index in [0.717, 1.165) is 57.8 Å². The SMILES string of the molecule is CC/C=C\C/C=C\C/C=C\C/C=C\CCCCCCCCCCCCCCCCCCCCCCCCC(=O)NC(CO)C(O)/C=C/CC/C=C/CCCCCC. The Kier molecular flexibility index (Phi) is 46.4. The first kappa shape index (κ1) is 54.8. The molecule has 57 heavy (non-hydrogen) atoms. The van der Waals surface area contributed by atoms with Crippen molar-refractivity contribution in [2.45, 2.75) is 251 Å². The summed E-state index contributed by atoms with van der Waals surface area (Å²) in [5.41, 5.74) is 0. The zero-order valence-electron chi connectivity index (χ0n) is 37.8. The van der Waals surface area contributed by atoms with Gasteiger partial charge in [0.15, 0.2) is 0 Å². The Labute approximate surface area is 355 Å². The third-order valence-electron chi connectivity index (χ3n) is 10.9. The van der Waals surface area contributed by atoms with Crippen LogP contribution in [-0.4, -0.2) is 34.9 Å². The van der Waals surface area contributed by atoms with Gasteiger partial charge in [-0.3, -0.25) is 4.79 Å². The standard InChI is InChI=1S/C53H95NO3/c1-3-5-7-9-11-13-15-16-17-18-19-20-21-22-23-24-25-26-27-28-29-30-31-32-33-34-35-36-37-38-39-41-43-45-47-49-53(57)54-51(50-55)52(56)48-46-44-42-40-14-12-10-8-6-4-2/h5,7,11,13-14,16-17,19-20,40,46,48,51-52,55-56H,3-4,6,8-10,12,15,18,21-39,41-45,47,49-50H2,1-2H3,(H,54,57)/b7-5-,13-11-,17-16-,20-19-,40-14+,48-46+. The monoisotopic (exact) mass is 794 g/mol. The number of aliphatic hydroxyl groups is 2. The summed E-state index contributed by atoms with van der Waals surface area (Å²) in [5.74, 6) is -0.0751. The molecular formula is C53H95NO3. The van der Waals surface area contributed by atoms with Crippen LogP contribution in [-0.2, 0) is 4.79 Å². The first-order chi connectivity index (χ1) is 28.2. The molecule has 1 amide bonds. The molecule has 0 aromatic rings. The highest BCUT2D eigenvalue weighted by molar-refractivity contribution is 5.76. The predicted octanol–water partition coefficient (Wildman–Crippen LogP) is 15.9. The molecule has 0 aliphatic carbocycles. The van der Waals surface area contributed by atoms with Crippen LogP contribution < -0.4 is 5.32 Å². The lowest BCUT2D eigenvalue weighted by atomic mass is 10.0. The Morgan fingerprint density at radius 3 is 1.23 bits per heavy atom. The zero-order valence-corrected chi connectivity index (χ0v) is 37.8. The van der Waals surface area contributed by atoms with Crippen molar-refractivity contribution in [1.29, 1.82) is 0 Å². The van der Waals surface area contributed by atoms with E-state index in [4.69, 9.17) is 0 Å². The van der Waals surface area contributed by atoms with Crippen LogP contribution in [0.15, 0.2) is 72.9 Å². The van der Waals surface area contributed by atoms with Crippen molar-refractivity contribution < 1.29 is 15.0 Å². The largest absolute Gasteiger partial charge is 0.394 e. The van der Waals surface area contributed by atoms with E-state index < -0.39 is 12.1 Å². The van der Waals surface area contributed by atoms with Crippen molar-refractivity contribution in [2.75, 3.05) is 6.61 Å². The van der Waals surface area contributed by atoms with E-state index in [9.17, 15) is 15.0 Å². The van der Waals surface area contributed by atoms with Gasteiger partial charge in [0.1, 0.15) is 0 Å². The molecule has 0 spiro atoms. The van der Waals surface area contributed by atoms with Crippen LogP contribution in [0, 0.1) is 0 Å². The smallest absolute Gasteiger partial charge is 0.220 e. The molecule has 0 radical (unpaired) electrons. The molecule has 0 saturated carbocycles. The molecule has 0 aliphatic rings. The molecule has 0 aliphatic heterocycles. The normalized spacial score (nSPS) is 13.5. The zero-order chi connectivity index (χ0) is 41.4. The van der Waals surface area contributed by atoms with Gasteiger partial charge in [-0.05, 0) is 70.6 Å². The quantitative estimate of drug-likeness (QED) is 0.0425. The van der Waals surface area contributed by atoms with E-state index in [2.05, 4.69) is 79.9 Å². The molecule has 2 atom stereocenters. The molecule has 330 valence electrons. The molecule has 0 heterocycles. The van der Waals surface area contributed by atoms with Crippen molar-refractivity contribution in [3.63, 3.8) is 0 Å². The van der Waals surface area contributed by atoms with Crippen molar-refractivity contribution in [3.05, 3.63) is 72.9 Å². The van der Waals surface area contributed by atoms with Gasteiger partial charge < -0.3 is 15.5 Å². The highest BCUT2D eigenvalue weighted by atomic mass is 16.3. The molecular weight excluding hydrogens is 699 g/mol. The summed E-state index contributed by atoms with van der Waals surface area (Å²) >= 11 is 0. The van der Waals surface area contributed by atoms with E-state index in [1.165, 1.54) is 161 Å². The topological polar surface area (TPSA) is 69.6 Å². The minimum atomic E-state index is -0.860. The number of nitrogens with one attached hydrogen (secondary N) is 1. The Morgan fingerprint density at radius 1 is 0.439 bits per heavy atom. The molecule has 0 saturated heterocycles. The molecule has 0 bridgehead atoms. The van der Waals surface area contributed by atoms with E-state index in [-0.39, 0.29) is 12.5 Å². The van der Waals surface area contributed by atoms with Crippen LogP contribution in [0.2, 0.25) is 0 Å². The van der Waals surface area contributed by atoms with Crippen molar-refractivity contribution >= 4 is 5.91 Å². The van der Waals surface area contributed by atoms with Crippen molar-refractivity contribution in [1.82, 2.24) is 5.32 Å². The average molecular weight is 794 g/mol. The van der Waals surface area contributed by atoms with E-state index in [0.29, 0.717) is 6.42 Å². The number of aliphatic hydroxyl groups excluding tert-OH is 2. The first-order valence-electron chi connectivity index (χ1n) is 24.7. The number of unbranched alkanes of at least 4 members (excludes halogenated alkanes) is 27. The molecule has 0 fully saturated rings. The molecule has 3 N–H and O–H groups in total. The Bertz CT molecular complexity index is 992. The number of hydrogen-bond donors (Lipinski definition) is 3. The lowest BCUT2D eigenvalue weighted by Crippen LogP contribution is -2.45. The molecule has 0 rings (SSSR count). The molecule has 0 aromatic heterocycles. The lowest BCUT2D eigenvalue weighted by molar-refractivity contribution is -0.123. The van der Waals surface area contributed by atoms with Gasteiger partial charge in [-0.25, -0.2) is 0 Å². The summed E-state index contributed by atoms with van der Waals surface area (Å²) in [6, 6.07) is -0.637. The number of hydrogen-bond acceptors (Lipinski definition) is 3. The Morgan fingerprint density at radius 2 is 0.789 bits per heavy atom. The van der Waals surface area contributed by atoms with Crippen LogP contribution in [0.5, 0.6) is 0 Å². The minimum absolute atomic E-state index is 0.0751. The van der Waals surface area contributed by atoms with Gasteiger partial charge in [-0.2, -0.15) is 0 Å². The van der Waals surface area contributed by atoms with E-state index >= 15 is 0 Å². The maximum atomic E-state index is 12.4. The van der Waals surface area contributed by atoms with Crippen molar-refractivity contribution in [2.24, 2.45) is 0 Å². The molecule has 4 nitrogen and oxygen atoms in total. The van der Waals surface area contributed by atoms with Gasteiger partial charge in [0.25, 0.3) is 0 Å². The van der Waals surface area contributed by atoms with Gasteiger partial charge >= 0.3 is 0 Å². The maximum Gasteiger partial charge on any atom is 0.220 e. The Balaban J connectivity index is 3.43. The van der Waals surface area contributed by atoms with Crippen LogP contribution in [0.4, 0.5) is 0 Å². The number of carbonyl (C=O) groups is 1. The number of carbonyl (C=O) groups excluding carboxylic acids is 1. The maximum absolute atomic E-state index is 12.4. The molecule has 2 unspecified atom stereocenters. The Hall–Kier alpha value is -2.17. The molecule has 4 heteroatoms. The average Bonchev–Trinajstić information content (AvgIpc) is 3.22. The number of amides is 1.